The molecule has 31 heavy (non-hydrogen) atoms. The van der Waals surface area contributed by atoms with E-state index in [4.69, 9.17) is 0 Å². The van der Waals surface area contributed by atoms with Gasteiger partial charge in [0.1, 0.15) is 0 Å². The van der Waals surface area contributed by atoms with E-state index in [-0.39, 0.29) is 42.7 Å². The van der Waals surface area contributed by atoms with Gasteiger partial charge in [-0.3, -0.25) is 14.3 Å². The predicted octanol–water partition coefficient (Wildman–Crippen LogP) is 2.50. The van der Waals surface area contributed by atoms with Gasteiger partial charge in [0.05, 0.1) is 12.6 Å². The van der Waals surface area contributed by atoms with Crippen LogP contribution in [0.3, 0.4) is 0 Å². The number of nitrogens with zero attached hydrogens (tertiary/aromatic N) is 3. The molecule has 2 fully saturated rings. The third-order valence-corrected chi connectivity index (χ3v) is 5.89. The maximum atomic E-state index is 13.2. The lowest BCUT2D eigenvalue weighted by Gasteiger charge is -2.33. The van der Waals surface area contributed by atoms with Crippen molar-refractivity contribution >= 4 is 36.6 Å². The molecule has 2 unspecified atom stereocenters. The van der Waals surface area contributed by atoms with Crippen LogP contribution in [0.5, 0.6) is 0 Å². The van der Waals surface area contributed by atoms with Gasteiger partial charge in [0.15, 0.2) is 0 Å². The van der Waals surface area contributed by atoms with Crippen molar-refractivity contribution in [2.24, 2.45) is 5.92 Å². The van der Waals surface area contributed by atoms with Crippen molar-refractivity contribution in [2.45, 2.75) is 38.3 Å². The summed E-state index contributed by atoms with van der Waals surface area (Å²) in [4.78, 5) is 27.4. The molecule has 1 aromatic carbocycles. The maximum Gasteiger partial charge on any atom is 0.254 e. The second kappa shape index (κ2) is 12.1. The number of likely N-dealkylation sites (tertiary alicyclic amines) is 1. The number of amides is 2. The van der Waals surface area contributed by atoms with Crippen molar-refractivity contribution in [3.8, 4) is 0 Å². The number of carbonyl (C=O) groups is 2. The zero-order valence-corrected chi connectivity index (χ0v) is 19.2. The molecule has 0 aliphatic carbocycles. The quantitative estimate of drug-likeness (QED) is 0.683. The number of benzene rings is 1. The molecular weight excluding hydrogens is 437 g/mol. The van der Waals surface area contributed by atoms with Crippen LogP contribution in [0.2, 0.25) is 0 Å². The highest BCUT2D eigenvalue weighted by atomic mass is 35.5. The Balaban J connectivity index is 0.00000171. The Bertz CT molecular complexity index is 840. The first-order chi connectivity index (χ1) is 14.2. The number of halogens is 2. The lowest BCUT2D eigenvalue weighted by Crippen LogP contribution is -2.46. The predicted molar refractivity (Wildman–Crippen MR) is 125 cm³/mol. The Morgan fingerprint density at radius 3 is 2.71 bits per heavy atom. The van der Waals surface area contributed by atoms with Crippen LogP contribution in [0, 0.1) is 5.92 Å². The normalized spacial score (nSPS) is 20.5. The molecule has 3 heterocycles. The highest BCUT2D eigenvalue weighted by Gasteiger charge is 2.27. The Morgan fingerprint density at radius 1 is 1.13 bits per heavy atom. The zero-order valence-electron chi connectivity index (χ0n) is 17.5. The first-order valence-corrected chi connectivity index (χ1v) is 10.6. The van der Waals surface area contributed by atoms with Crippen LogP contribution in [-0.2, 0) is 11.3 Å². The van der Waals surface area contributed by atoms with Crippen molar-refractivity contribution < 1.29 is 9.59 Å². The van der Waals surface area contributed by atoms with Gasteiger partial charge in [0, 0.05) is 37.6 Å². The molecule has 2 aliphatic rings. The van der Waals surface area contributed by atoms with E-state index < -0.39 is 0 Å². The van der Waals surface area contributed by atoms with Gasteiger partial charge in [-0.2, -0.15) is 5.10 Å². The number of nitrogens with one attached hydrogen (secondary N) is 2. The fraction of sp³-hybridized carbons (Fsp3) is 0.500. The average Bonchev–Trinajstić information content (AvgIpc) is 3.46. The van der Waals surface area contributed by atoms with E-state index >= 15 is 0 Å². The minimum atomic E-state index is -0.0505. The molecule has 0 radical (unpaired) electrons. The van der Waals surface area contributed by atoms with Crippen molar-refractivity contribution in [1.82, 2.24) is 25.3 Å². The Hall–Kier alpha value is -2.09. The highest BCUT2D eigenvalue weighted by molar-refractivity contribution is 5.95. The first-order valence-electron chi connectivity index (χ1n) is 10.6. The van der Waals surface area contributed by atoms with Crippen LogP contribution in [-0.4, -0.2) is 58.7 Å². The smallest absolute Gasteiger partial charge is 0.254 e. The van der Waals surface area contributed by atoms with E-state index in [1.807, 2.05) is 46.1 Å². The summed E-state index contributed by atoms with van der Waals surface area (Å²) in [5.41, 5.74) is 1.71. The van der Waals surface area contributed by atoms with Crippen molar-refractivity contribution in [1.29, 1.82) is 0 Å². The fourth-order valence-electron chi connectivity index (χ4n) is 4.30. The highest BCUT2D eigenvalue weighted by Crippen LogP contribution is 2.20. The van der Waals surface area contributed by atoms with E-state index in [1.54, 1.807) is 6.20 Å². The summed E-state index contributed by atoms with van der Waals surface area (Å²) in [5.74, 6) is 0.466. The van der Waals surface area contributed by atoms with Gasteiger partial charge in [-0.05, 0) is 55.8 Å². The van der Waals surface area contributed by atoms with Crippen LogP contribution in [0.25, 0.3) is 0 Å². The van der Waals surface area contributed by atoms with Crippen LogP contribution in [0.1, 0.15) is 41.6 Å². The van der Waals surface area contributed by atoms with E-state index in [1.165, 1.54) is 0 Å². The molecule has 2 saturated heterocycles. The molecule has 2 amide bonds. The Kier molecular flexibility index (Phi) is 9.81. The van der Waals surface area contributed by atoms with Gasteiger partial charge >= 0.3 is 0 Å². The van der Waals surface area contributed by atoms with Gasteiger partial charge in [-0.25, -0.2) is 0 Å². The van der Waals surface area contributed by atoms with Gasteiger partial charge < -0.3 is 15.5 Å². The van der Waals surface area contributed by atoms with Crippen LogP contribution >= 0.6 is 24.8 Å². The minimum Gasteiger partial charge on any atom is -0.354 e. The summed E-state index contributed by atoms with van der Waals surface area (Å²) in [6.45, 7) is 3.59. The second-order valence-electron chi connectivity index (χ2n) is 8.01. The summed E-state index contributed by atoms with van der Waals surface area (Å²) in [5, 5.41) is 10.6. The van der Waals surface area contributed by atoms with Crippen LogP contribution in [0.15, 0.2) is 42.7 Å². The average molecular weight is 468 g/mol. The molecule has 2 aromatic rings. The van der Waals surface area contributed by atoms with E-state index in [2.05, 4.69) is 15.7 Å². The number of hydrogen-bond donors (Lipinski definition) is 2. The molecule has 2 N–H and O–H groups in total. The minimum absolute atomic E-state index is 0. The standard InChI is InChI=1S/C22H29N5O2.2ClH/c28-21(20-9-3-10-23-20)24-14-17-6-4-12-26(15-17)22(29)19-8-2-1-7-18(19)16-27-13-5-11-25-27;;/h1-2,5,7-8,11,13,17,20,23H,3-4,6,9-10,12,14-16H2,(H,24,28);2*1H. The van der Waals surface area contributed by atoms with Crippen molar-refractivity contribution in [2.75, 3.05) is 26.2 Å². The van der Waals surface area contributed by atoms with E-state index in [0.717, 1.165) is 49.9 Å². The monoisotopic (exact) mass is 467 g/mol. The number of piperidine rings is 1. The molecule has 7 nitrogen and oxygen atoms in total. The van der Waals surface area contributed by atoms with E-state index in [9.17, 15) is 9.59 Å². The molecule has 9 heteroatoms. The molecule has 2 aliphatic heterocycles. The van der Waals surface area contributed by atoms with Crippen molar-refractivity contribution in [3.05, 3.63) is 53.9 Å². The molecule has 4 rings (SSSR count). The second-order valence-corrected chi connectivity index (χ2v) is 8.01. The van der Waals surface area contributed by atoms with Crippen LogP contribution < -0.4 is 10.6 Å². The van der Waals surface area contributed by atoms with Gasteiger partial charge in [0.2, 0.25) is 5.91 Å². The number of hydrogen-bond acceptors (Lipinski definition) is 4. The van der Waals surface area contributed by atoms with Crippen LogP contribution in [0.4, 0.5) is 0 Å². The summed E-state index contributed by atoms with van der Waals surface area (Å²) in [6, 6.07) is 9.60. The Morgan fingerprint density at radius 2 is 1.97 bits per heavy atom. The zero-order chi connectivity index (χ0) is 20.1. The summed E-state index contributed by atoms with van der Waals surface area (Å²) in [7, 11) is 0. The SMILES string of the molecule is Cl.Cl.O=C(NCC1CCCN(C(=O)c2ccccc2Cn2cccn2)C1)C1CCCN1. The first kappa shape index (κ1) is 25.2. The summed E-state index contributed by atoms with van der Waals surface area (Å²) < 4.78 is 1.83. The number of aromatic nitrogens is 2. The third kappa shape index (κ3) is 6.45. The molecule has 1 aromatic heterocycles. The number of carbonyl (C=O) groups excluding carboxylic acids is 2. The fourth-order valence-corrected chi connectivity index (χ4v) is 4.30. The molecular formula is C22H31Cl2N5O2. The molecule has 0 spiro atoms. The van der Waals surface area contributed by atoms with Gasteiger partial charge in [-0.15, -0.1) is 24.8 Å². The Labute approximate surface area is 195 Å². The van der Waals surface area contributed by atoms with Crippen molar-refractivity contribution in [3.63, 3.8) is 0 Å². The maximum absolute atomic E-state index is 13.2. The molecule has 0 bridgehead atoms. The van der Waals surface area contributed by atoms with E-state index in [0.29, 0.717) is 25.6 Å². The van der Waals surface area contributed by atoms with Gasteiger partial charge in [-0.1, -0.05) is 18.2 Å². The summed E-state index contributed by atoms with van der Waals surface area (Å²) in [6.07, 6.45) is 7.62. The largest absolute Gasteiger partial charge is 0.354 e. The molecule has 170 valence electrons. The summed E-state index contributed by atoms with van der Waals surface area (Å²) >= 11 is 0. The third-order valence-electron chi connectivity index (χ3n) is 5.89. The molecule has 0 saturated carbocycles. The number of rotatable bonds is 6. The van der Waals surface area contributed by atoms with Gasteiger partial charge in [0.25, 0.3) is 5.91 Å². The molecule has 2 atom stereocenters. The lowest BCUT2D eigenvalue weighted by molar-refractivity contribution is -0.123. The topological polar surface area (TPSA) is 79.3 Å². The lowest BCUT2D eigenvalue weighted by atomic mass is 9.96.